The maximum atomic E-state index is 12.8. The van der Waals surface area contributed by atoms with Crippen LogP contribution in [0.25, 0.3) is 0 Å². The molecule has 6 N–H and O–H groups in total. The Balaban J connectivity index is 1.46. The van der Waals surface area contributed by atoms with Crippen molar-refractivity contribution in [2.45, 2.75) is 24.0 Å². The molecule has 3 aromatic rings. The Morgan fingerprint density at radius 3 is 2.19 bits per heavy atom. The number of carbonyl (C=O) groups excluding carboxylic acids is 2. The van der Waals surface area contributed by atoms with Gasteiger partial charge in [-0.3, -0.25) is 9.59 Å². The van der Waals surface area contributed by atoms with E-state index in [2.05, 4.69) is 10.3 Å². The Bertz CT molecular complexity index is 1520. The van der Waals surface area contributed by atoms with Gasteiger partial charge in [-0.05, 0) is 55.5 Å². The van der Waals surface area contributed by atoms with E-state index in [0.29, 0.717) is 0 Å². The van der Waals surface area contributed by atoms with E-state index in [0.717, 1.165) is 12.1 Å². The summed E-state index contributed by atoms with van der Waals surface area (Å²) in [7, 11) is -4.33. The minimum Gasteiger partial charge on any atom is -0.504 e. The lowest BCUT2D eigenvalue weighted by molar-refractivity contribution is -0.121. The fraction of sp³-hybridized carbons (Fsp3) is 0.125. The molecular weight excluding hydrogens is 506 g/mol. The van der Waals surface area contributed by atoms with Gasteiger partial charge in [0.2, 0.25) is 5.90 Å². The Morgan fingerprint density at radius 1 is 0.892 bits per heavy atom. The van der Waals surface area contributed by atoms with E-state index < -0.39 is 57.0 Å². The first-order valence-electron chi connectivity index (χ1n) is 10.7. The van der Waals surface area contributed by atoms with Crippen LogP contribution in [0.15, 0.2) is 70.6 Å². The van der Waals surface area contributed by atoms with Crippen LogP contribution in [0.4, 0.5) is 5.69 Å². The number of ether oxygens (including phenoxy) is 1. The first-order chi connectivity index (χ1) is 17.5. The molecule has 12 nitrogen and oxygen atoms in total. The van der Waals surface area contributed by atoms with Crippen molar-refractivity contribution in [1.29, 1.82) is 0 Å². The van der Waals surface area contributed by atoms with Crippen LogP contribution in [0.2, 0.25) is 0 Å². The molecule has 0 saturated heterocycles. The van der Waals surface area contributed by atoms with Crippen LogP contribution in [0, 0.1) is 0 Å². The minimum atomic E-state index is -4.33. The topological polar surface area (TPSA) is 195 Å². The fourth-order valence-corrected chi connectivity index (χ4v) is 4.49. The zero-order valence-corrected chi connectivity index (χ0v) is 19.9. The van der Waals surface area contributed by atoms with Crippen molar-refractivity contribution in [2.75, 3.05) is 5.32 Å². The van der Waals surface area contributed by atoms with Crippen molar-refractivity contribution >= 4 is 33.4 Å². The summed E-state index contributed by atoms with van der Waals surface area (Å²) in [5.74, 6) is -3.81. The second-order valence-electron chi connectivity index (χ2n) is 8.00. The van der Waals surface area contributed by atoms with Gasteiger partial charge < -0.3 is 30.5 Å². The van der Waals surface area contributed by atoms with Gasteiger partial charge in [0.05, 0.1) is 16.0 Å². The third-order valence-electron chi connectivity index (χ3n) is 5.43. The van der Waals surface area contributed by atoms with Gasteiger partial charge in [-0.1, -0.05) is 12.1 Å². The summed E-state index contributed by atoms with van der Waals surface area (Å²) in [4.78, 5) is 28.9. The fourth-order valence-electron chi connectivity index (χ4n) is 3.49. The summed E-state index contributed by atoms with van der Waals surface area (Å²) in [5.41, 5.74) is 0.0495. The summed E-state index contributed by atoms with van der Waals surface area (Å²) in [5, 5.41) is 41.5. The highest BCUT2D eigenvalue weighted by atomic mass is 32.2. The van der Waals surface area contributed by atoms with E-state index in [1.807, 2.05) is 4.72 Å². The lowest BCUT2D eigenvalue weighted by Crippen LogP contribution is -2.41. The maximum Gasteiger partial charge on any atom is 0.264 e. The molecule has 13 heteroatoms. The molecule has 2 atom stereocenters. The first kappa shape index (κ1) is 25.3. The zero-order valence-electron chi connectivity index (χ0n) is 19.1. The predicted molar refractivity (Wildman–Crippen MR) is 130 cm³/mol. The summed E-state index contributed by atoms with van der Waals surface area (Å²) in [6.45, 7) is 1.49. The number of phenolic OH excluding ortho intramolecular Hbond substituents is 4. The van der Waals surface area contributed by atoms with Crippen molar-refractivity contribution in [1.82, 2.24) is 4.72 Å². The van der Waals surface area contributed by atoms with Crippen LogP contribution in [-0.4, -0.2) is 58.7 Å². The molecule has 37 heavy (non-hydrogen) atoms. The highest BCUT2D eigenvalue weighted by Crippen LogP contribution is 2.32. The molecule has 192 valence electrons. The van der Waals surface area contributed by atoms with E-state index in [4.69, 9.17) is 4.74 Å². The normalized spacial score (nSPS) is 16.9. The molecule has 0 bridgehead atoms. The van der Waals surface area contributed by atoms with Gasteiger partial charge in [-0.2, -0.15) is 0 Å². The number of phenols is 4. The number of carbonyl (C=O) groups is 2. The van der Waals surface area contributed by atoms with Gasteiger partial charge in [-0.25, -0.2) is 18.1 Å². The molecule has 0 aliphatic carbocycles. The van der Waals surface area contributed by atoms with Gasteiger partial charge in [0.25, 0.3) is 21.8 Å². The molecule has 2 amide bonds. The number of hydrogen-bond acceptors (Lipinski definition) is 10. The highest BCUT2D eigenvalue weighted by molar-refractivity contribution is 7.90. The van der Waals surface area contributed by atoms with Gasteiger partial charge in [0, 0.05) is 5.69 Å². The third kappa shape index (κ3) is 5.11. The van der Waals surface area contributed by atoms with Crippen molar-refractivity contribution in [2.24, 2.45) is 4.99 Å². The van der Waals surface area contributed by atoms with Gasteiger partial charge in [-0.15, -0.1) is 0 Å². The summed E-state index contributed by atoms with van der Waals surface area (Å²) >= 11 is 0. The van der Waals surface area contributed by atoms with E-state index in [-0.39, 0.29) is 27.6 Å². The van der Waals surface area contributed by atoms with Crippen molar-refractivity contribution in [3.05, 3.63) is 71.8 Å². The van der Waals surface area contributed by atoms with E-state index in [9.17, 15) is 38.4 Å². The summed E-state index contributed by atoms with van der Waals surface area (Å²) in [6.07, 6.45) is -0.863. The first-order valence-corrected chi connectivity index (χ1v) is 12.2. The molecular formula is C24H21N3O9S. The largest absolute Gasteiger partial charge is 0.504 e. The lowest BCUT2D eigenvalue weighted by Gasteiger charge is -2.14. The molecule has 2 unspecified atom stereocenters. The molecule has 1 heterocycles. The number of hydrogen-bond donors (Lipinski definition) is 6. The standard InChI is InChI=1S/C24H21N3O9S/c1-12-19(26-24(36-12)16-5-3-7-18(29)21(16)31)23(33)27-37(34,35)14-10-8-13(9-11-14)25-22(32)15-4-2-6-17(28)20(15)30/h2-12,19,28-31H,1H3,(H,25,32)(H,27,33). The number of anilines is 1. The monoisotopic (exact) mass is 527 g/mol. The summed E-state index contributed by atoms with van der Waals surface area (Å²) < 4.78 is 32.9. The Morgan fingerprint density at radius 2 is 1.51 bits per heavy atom. The Hall–Kier alpha value is -4.78. The van der Waals surface area contributed by atoms with Crippen molar-refractivity contribution < 1.29 is 43.2 Å². The lowest BCUT2D eigenvalue weighted by atomic mass is 10.1. The molecule has 1 aliphatic rings. The van der Waals surface area contributed by atoms with Crippen LogP contribution < -0.4 is 10.0 Å². The van der Waals surface area contributed by atoms with E-state index >= 15 is 0 Å². The molecule has 3 aromatic carbocycles. The number of rotatable bonds is 6. The molecule has 1 aliphatic heterocycles. The van der Waals surface area contributed by atoms with E-state index in [1.54, 1.807) is 0 Å². The molecule has 0 spiro atoms. The molecule has 0 fully saturated rings. The molecule has 4 rings (SSSR count). The second kappa shape index (κ2) is 9.70. The summed E-state index contributed by atoms with van der Waals surface area (Å²) in [6, 6.07) is 11.6. The number of sulfonamides is 1. The van der Waals surface area contributed by atoms with Crippen molar-refractivity contribution in [3.8, 4) is 23.0 Å². The average molecular weight is 528 g/mol. The quantitative estimate of drug-likeness (QED) is 0.259. The minimum absolute atomic E-state index is 0.0432. The van der Waals surface area contributed by atoms with Crippen molar-refractivity contribution in [3.63, 3.8) is 0 Å². The molecule has 0 saturated carbocycles. The number of aromatic hydroxyl groups is 4. The van der Waals surface area contributed by atoms with Crippen LogP contribution in [-0.2, 0) is 19.6 Å². The SMILES string of the molecule is CC1OC(c2cccc(O)c2O)=NC1C(=O)NS(=O)(=O)c1ccc(NC(=O)c2cccc(O)c2O)cc1. The van der Waals surface area contributed by atoms with Crippen LogP contribution in [0.3, 0.4) is 0 Å². The zero-order chi connectivity index (χ0) is 26.9. The van der Waals surface area contributed by atoms with Gasteiger partial charge >= 0.3 is 0 Å². The Labute approximate surface area is 210 Å². The highest BCUT2D eigenvalue weighted by Gasteiger charge is 2.36. The second-order valence-corrected chi connectivity index (χ2v) is 9.68. The number of benzene rings is 3. The third-order valence-corrected chi connectivity index (χ3v) is 6.79. The number of nitrogens with one attached hydrogen (secondary N) is 2. The predicted octanol–water partition coefficient (Wildman–Crippen LogP) is 1.80. The number of para-hydroxylation sites is 2. The average Bonchev–Trinajstić information content (AvgIpc) is 3.24. The van der Waals surface area contributed by atoms with Gasteiger partial charge in [0.15, 0.2) is 29.0 Å². The number of nitrogens with zero attached hydrogens (tertiary/aromatic N) is 1. The maximum absolute atomic E-state index is 12.8. The van der Waals surface area contributed by atoms with E-state index in [1.165, 1.54) is 55.5 Å². The number of amides is 2. The van der Waals surface area contributed by atoms with Crippen LogP contribution in [0.1, 0.15) is 22.8 Å². The molecule has 0 aromatic heterocycles. The van der Waals surface area contributed by atoms with Crippen LogP contribution in [0.5, 0.6) is 23.0 Å². The molecule has 0 radical (unpaired) electrons. The van der Waals surface area contributed by atoms with Gasteiger partial charge in [0.1, 0.15) is 6.10 Å². The number of aliphatic imine (C=N–C) groups is 1. The van der Waals surface area contributed by atoms with Crippen LogP contribution >= 0.6 is 0 Å². The Kier molecular flexibility index (Phi) is 6.64. The smallest absolute Gasteiger partial charge is 0.264 e.